The van der Waals surface area contributed by atoms with Crippen LogP contribution in [0, 0.1) is 16.7 Å². The van der Waals surface area contributed by atoms with Gasteiger partial charge in [-0.3, -0.25) is 9.69 Å². The number of hydrogen-bond donors (Lipinski definition) is 2. The maximum atomic E-state index is 12.3. The van der Waals surface area contributed by atoms with Crippen molar-refractivity contribution in [1.82, 2.24) is 9.62 Å². The van der Waals surface area contributed by atoms with E-state index in [4.69, 9.17) is 5.11 Å². The average molecular weight is 343 g/mol. The third-order valence-electron chi connectivity index (χ3n) is 4.98. The minimum atomic E-state index is -3.48. The van der Waals surface area contributed by atoms with Gasteiger partial charge in [0.15, 0.2) is 0 Å². The van der Waals surface area contributed by atoms with Crippen LogP contribution in [-0.2, 0) is 14.8 Å². The van der Waals surface area contributed by atoms with E-state index in [2.05, 4.69) is 10.8 Å². The summed E-state index contributed by atoms with van der Waals surface area (Å²) in [5.41, 5.74) is -0.728. The van der Waals surface area contributed by atoms with E-state index in [0.717, 1.165) is 12.8 Å². The number of rotatable bonds is 8. The molecule has 0 saturated heterocycles. The first-order chi connectivity index (χ1) is 10.8. The summed E-state index contributed by atoms with van der Waals surface area (Å²) in [7, 11) is -3.48. The summed E-state index contributed by atoms with van der Waals surface area (Å²) >= 11 is 0. The highest BCUT2D eigenvalue weighted by atomic mass is 32.2. The van der Waals surface area contributed by atoms with Crippen LogP contribution in [0.3, 0.4) is 0 Å². The predicted octanol–water partition coefficient (Wildman–Crippen LogP) is 0.927. The Hall–Kier alpha value is -1.17. The second-order valence-electron chi connectivity index (χ2n) is 6.76. The fourth-order valence-corrected chi connectivity index (χ4v) is 5.52. The first kappa shape index (κ1) is 18.2. The lowest BCUT2D eigenvalue weighted by atomic mass is 9.86. The monoisotopic (exact) mass is 343 g/mol. The van der Waals surface area contributed by atoms with Gasteiger partial charge in [0.25, 0.3) is 0 Å². The van der Waals surface area contributed by atoms with Crippen LogP contribution in [0.1, 0.15) is 45.4 Å². The molecule has 130 valence electrons. The van der Waals surface area contributed by atoms with Gasteiger partial charge in [-0.05, 0) is 32.2 Å². The molecule has 2 saturated carbocycles. The normalized spacial score (nSPS) is 26.7. The van der Waals surface area contributed by atoms with Gasteiger partial charge in [-0.25, -0.2) is 13.1 Å². The van der Waals surface area contributed by atoms with Crippen molar-refractivity contribution >= 4 is 16.0 Å². The van der Waals surface area contributed by atoms with Gasteiger partial charge in [-0.15, -0.1) is 0 Å². The Morgan fingerprint density at radius 3 is 2.48 bits per heavy atom. The van der Waals surface area contributed by atoms with Crippen LogP contribution in [0.15, 0.2) is 0 Å². The summed E-state index contributed by atoms with van der Waals surface area (Å²) in [6.07, 6.45) is 4.38. The highest BCUT2D eigenvalue weighted by Crippen LogP contribution is 2.38. The van der Waals surface area contributed by atoms with Gasteiger partial charge in [0, 0.05) is 12.1 Å². The molecule has 8 heteroatoms. The summed E-state index contributed by atoms with van der Waals surface area (Å²) in [5.74, 6) is -0.988. The van der Waals surface area contributed by atoms with E-state index in [1.807, 2.05) is 11.8 Å². The average Bonchev–Trinajstić information content (AvgIpc) is 2.88. The van der Waals surface area contributed by atoms with E-state index >= 15 is 0 Å². The van der Waals surface area contributed by atoms with Crippen molar-refractivity contribution in [2.45, 2.75) is 57.5 Å². The van der Waals surface area contributed by atoms with Crippen LogP contribution >= 0.6 is 0 Å². The zero-order chi connectivity index (χ0) is 17.1. The summed E-state index contributed by atoms with van der Waals surface area (Å²) < 4.78 is 27.3. The van der Waals surface area contributed by atoms with E-state index < -0.39 is 21.4 Å². The van der Waals surface area contributed by atoms with Crippen molar-refractivity contribution in [3.05, 3.63) is 0 Å². The summed E-state index contributed by atoms with van der Waals surface area (Å²) in [6, 6.07) is 2.17. The van der Waals surface area contributed by atoms with Gasteiger partial charge < -0.3 is 5.11 Å². The summed E-state index contributed by atoms with van der Waals surface area (Å²) in [6.45, 7) is 2.52. The van der Waals surface area contributed by atoms with E-state index in [1.165, 1.54) is 0 Å². The molecule has 0 radical (unpaired) electrons. The van der Waals surface area contributed by atoms with Gasteiger partial charge in [-0.2, -0.15) is 5.26 Å². The fourth-order valence-electron chi connectivity index (χ4n) is 3.65. The molecular formula is C15H25N3O4S. The molecule has 0 heterocycles. The Morgan fingerprint density at radius 1 is 1.39 bits per heavy atom. The lowest BCUT2D eigenvalue weighted by Crippen LogP contribution is -2.55. The zero-order valence-electron chi connectivity index (χ0n) is 13.5. The number of nitrogens with zero attached hydrogens (tertiary/aromatic N) is 2. The number of nitrogens with one attached hydrogen (secondary N) is 1. The lowest BCUT2D eigenvalue weighted by Gasteiger charge is -2.42. The molecule has 0 amide bonds. The Balaban J connectivity index is 1.84. The minimum absolute atomic E-state index is 0.0157. The largest absolute Gasteiger partial charge is 0.480 e. The molecule has 0 unspecified atom stereocenters. The van der Waals surface area contributed by atoms with Gasteiger partial charge in [0.05, 0.1) is 23.8 Å². The van der Waals surface area contributed by atoms with Crippen molar-refractivity contribution in [3.8, 4) is 6.07 Å². The number of likely N-dealkylation sites (N-methyl/N-ethyl adjacent to an activating group) is 1. The minimum Gasteiger partial charge on any atom is -0.480 e. The second-order valence-corrected chi connectivity index (χ2v) is 8.51. The molecule has 7 nitrogen and oxygen atoms in total. The Bertz CT molecular complexity index is 572. The van der Waals surface area contributed by atoms with Crippen molar-refractivity contribution < 1.29 is 18.3 Å². The van der Waals surface area contributed by atoms with Crippen LogP contribution in [-0.4, -0.2) is 55.3 Å². The number of sulfonamides is 1. The highest BCUT2D eigenvalue weighted by molar-refractivity contribution is 7.89. The lowest BCUT2D eigenvalue weighted by molar-refractivity contribution is -0.139. The van der Waals surface area contributed by atoms with Crippen LogP contribution in [0.25, 0.3) is 0 Å². The van der Waals surface area contributed by atoms with E-state index in [9.17, 15) is 18.5 Å². The molecule has 0 aromatic heterocycles. The molecule has 2 aliphatic rings. The second kappa shape index (κ2) is 7.16. The Kier molecular flexibility index (Phi) is 5.65. The molecule has 0 aromatic rings. The first-order valence-electron chi connectivity index (χ1n) is 8.16. The zero-order valence-corrected chi connectivity index (χ0v) is 14.3. The molecule has 2 rings (SSSR count). The van der Waals surface area contributed by atoms with E-state index in [1.54, 1.807) is 0 Å². The number of carbonyl (C=O) groups is 1. The molecule has 0 aromatic carbocycles. The SMILES string of the molecule is CCN(CC(=O)O)C1CC(NS(=O)(=O)CC2(C#N)CCCC2)C1. The molecule has 2 N–H and O–H groups in total. The number of carboxylic acids is 1. The van der Waals surface area contributed by atoms with Crippen LogP contribution in [0.5, 0.6) is 0 Å². The van der Waals surface area contributed by atoms with Crippen LogP contribution in [0.2, 0.25) is 0 Å². The molecule has 0 spiro atoms. The number of hydrogen-bond acceptors (Lipinski definition) is 5. The fraction of sp³-hybridized carbons (Fsp3) is 0.867. The quantitative estimate of drug-likeness (QED) is 0.678. The number of nitriles is 1. The van der Waals surface area contributed by atoms with Gasteiger partial charge in [0.1, 0.15) is 0 Å². The molecule has 0 bridgehead atoms. The molecule has 0 aliphatic heterocycles. The summed E-state index contributed by atoms with van der Waals surface area (Å²) in [4.78, 5) is 12.6. The third kappa shape index (κ3) is 4.66. The number of aliphatic carboxylic acids is 1. The smallest absolute Gasteiger partial charge is 0.317 e. The van der Waals surface area contributed by atoms with Crippen LogP contribution < -0.4 is 4.72 Å². The van der Waals surface area contributed by atoms with Gasteiger partial charge in [-0.1, -0.05) is 19.8 Å². The third-order valence-corrected chi connectivity index (χ3v) is 6.61. The van der Waals surface area contributed by atoms with Crippen molar-refractivity contribution in [1.29, 1.82) is 5.26 Å². The van der Waals surface area contributed by atoms with Crippen molar-refractivity contribution in [2.75, 3.05) is 18.8 Å². The van der Waals surface area contributed by atoms with Crippen LogP contribution in [0.4, 0.5) is 0 Å². The molecule has 2 aliphatic carbocycles. The molecule has 23 heavy (non-hydrogen) atoms. The van der Waals surface area contributed by atoms with Crippen molar-refractivity contribution in [2.24, 2.45) is 5.41 Å². The standard InChI is InChI=1S/C15H25N3O4S/c1-2-18(9-14(19)20)13-7-12(8-13)17-23(21,22)11-15(10-16)5-3-4-6-15/h12-13,17H,2-9,11H2,1H3,(H,19,20). The Labute approximate surface area is 137 Å². The highest BCUT2D eigenvalue weighted by Gasteiger charge is 2.41. The first-order valence-corrected chi connectivity index (χ1v) is 9.81. The van der Waals surface area contributed by atoms with E-state index in [-0.39, 0.29) is 24.4 Å². The maximum Gasteiger partial charge on any atom is 0.317 e. The Morgan fingerprint density at radius 2 is 2.00 bits per heavy atom. The van der Waals surface area contributed by atoms with Gasteiger partial charge in [0.2, 0.25) is 10.0 Å². The number of carboxylic acid groups (broad SMARTS) is 1. The topological polar surface area (TPSA) is 110 Å². The van der Waals surface area contributed by atoms with Crippen molar-refractivity contribution in [3.63, 3.8) is 0 Å². The maximum absolute atomic E-state index is 12.3. The molecule has 0 atom stereocenters. The summed E-state index contributed by atoms with van der Waals surface area (Å²) in [5, 5.41) is 18.2. The predicted molar refractivity (Wildman–Crippen MR) is 85.1 cm³/mol. The molecular weight excluding hydrogens is 318 g/mol. The van der Waals surface area contributed by atoms with E-state index in [0.29, 0.717) is 32.2 Å². The van der Waals surface area contributed by atoms with Gasteiger partial charge >= 0.3 is 5.97 Å². The molecule has 2 fully saturated rings.